The van der Waals surface area contributed by atoms with Gasteiger partial charge in [0.2, 0.25) is 0 Å². The van der Waals surface area contributed by atoms with Gasteiger partial charge in [0, 0.05) is 18.2 Å². The second kappa shape index (κ2) is 8.81. The Balaban J connectivity index is 2.32. The normalized spacial score (nSPS) is 13.4. The third-order valence-corrected chi connectivity index (χ3v) is 4.23. The Morgan fingerprint density at radius 1 is 1.20 bits per heavy atom. The van der Waals surface area contributed by atoms with Crippen molar-refractivity contribution in [1.82, 2.24) is 4.98 Å². The first-order valence-electron chi connectivity index (χ1n) is 9.01. The van der Waals surface area contributed by atoms with Crippen molar-refractivity contribution < 1.29 is 14.3 Å². The van der Waals surface area contributed by atoms with E-state index >= 15 is 0 Å². The Morgan fingerprint density at radius 2 is 2.00 bits per heavy atom. The number of fused-ring (bicyclic) bond motifs is 1. The highest BCUT2D eigenvalue weighted by atomic mass is 16.5. The Kier molecular flexibility index (Phi) is 6.76. The SMILES string of the molecule is CCCCC(C)(OCC)C(=O)Nc1ccc(OCC)c2ncccc12. The first kappa shape index (κ1) is 19.2. The lowest BCUT2D eigenvalue weighted by Gasteiger charge is -2.28. The van der Waals surface area contributed by atoms with Crippen molar-refractivity contribution in [3.63, 3.8) is 0 Å². The smallest absolute Gasteiger partial charge is 0.256 e. The monoisotopic (exact) mass is 344 g/mol. The Hall–Kier alpha value is -2.14. The first-order chi connectivity index (χ1) is 12.1. The third-order valence-electron chi connectivity index (χ3n) is 4.23. The number of rotatable bonds is 9. The van der Waals surface area contributed by atoms with Crippen LogP contribution in [0.15, 0.2) is 30.5 Å². The summed E-state index contributed by atoms with van der Waals surface area (Å²) in [5.74, 6) is 0.590. The van der Waals surface area contributed by atoms with Crippen molar-refractivity contribution in [2.75, 3.05) is 18.5 Å². The zero-order valence-electron chi connectivity index (χ0n) is 15.6. The number of benzene rings is 1. The molecule has 0 bridgehead atoms. The molecule has 1 amide bonds. The van der Waals surface area contributed by atoms with Crippen molar-refractivity contribution in [1.29, 1.82) is 0 Å². The van der Waals surface area contributed by atoms with Gasteiger partial charge in [-0.05, 0) is 51.5 Å². The van der Waals surface area contributed by atoms with Crippen molar-refractivity contribution in [2.24, 2.45) is 0 Å². The van der Waals surface area contributed by atoms with Crippen LogP contribution in [-0.2, 0) is 9.53 Å². The summed E-state index contributed by atoms with van der Waals surface area (Å²) in [5.41, 5.74) is 0.630. The lowest BCUT2D eigenvalue weighted by Crippen LogP contribution is -2.42. The van der Waals surface area contributed by atoms with Crippen molar-refractivity contribution in [3.8, 4) is 5.75 Å². The Labute approximate surface area is 149 Å². The van der Waals surface area contributed by atoms with Crippen molar-refractivity contribution in [2.45, 2.75) is 52.6 Å². The summed E-state index contributed by atoms with van der Waals surface area (Å²) < 4.78 is 11.4. The maximum atomic E-state index is 12.9. The lowest BCUT2D eigenvalue weighted by atomic mass is 9.97. The minimum atomic E-state index is -0.835. The fourth-order valence-corrected chi connectivity index (χ4v) is 2.87. The second-order valence-electron chi connectivity index (χ2n) is 6.17. The maximum absolute atomic E-state index is 12.9. The predicted molar refractivity (Wildman–Crippen MR) is 101 cm³/mol. The summed E-state index contributed by atoms with van der Waals surface area (Å²) in [6, 6.07) is 7.49. The molecule has 0 fully saturated rings. The number of anilines is 1. The second-order valence-corrected chi connectivity index (χ2v) is 6.17. The number of nitrogens with one attached hydrogen (secondary N) is 1. The number of nitrogens with zero attached hydrogens (tertiary/aromatic N) is 1. The van der Waals surface area contributed by atoms with E-state index in [4.69, 9.17) is 9.47 Å². The molecule has 0 saturated heterocycles. The minimum absolute atomic E-state index is 0.128. The lowest BCUT2D eigenvalue weighted by molar-refractivity contribution is -0.139. The van der Waals surface area contributed by atoms with Crippen LogP contribution in [0.1, 0.15) is 47.0 Å². The largest absolute Gasteiger partial charge is 0.492 e. The highest BCUT2D eigenvalue weighted by molar-refractivity contribution is 6.05. The average Bonchev–Trinajstić information content (AvgIpc) is 2.62. The number of aromatic nitrogens is 1. The summed E-state index contributed by atoms with van der Waals surface area (Å²) in [4.78, 5) is 17.3. The number of amides is 1. The van der Waals surface area contributed by atoms with Crippen LogP contribution in [0.5, 0.6) is 5.75 Å². The summed E-state index contributed by atoms with van der Waals surface area (Å²) in [6.07, 6.45) is 4.37. The van der Waals surface area contributed by atoms with E-state index in [1.54, 1.807) is 6.20 Å². The standard InChI is InChI=1S/C20H28N2O3/c1-5-8-13-20(4,25-7-3)19(23)22-16-11-12-17(24-6-2)18-15(16)10-9-14-21-18/h9-12,14H,5-8,13H2,1-4H3,(H,22,23). The number of hydrogen-bond donors (Lipinski definition) is 1. The molecule has 0 spiro atoms. The van der Waals surface area contributed by atoms with Gasteiger partial charge in [-0.15, -0.1) is 0 Å². The van der Waals surface area contributed by atoms with Crippen LogP contribution >= 0.6 is 0 Å². The fraction of sp³-hybridized carbons (Fsp3) is 0.500. The minimum Gasteiger partial charge on any atom is -0.492 e. The highest BCUT2D eigenvalue weighted by Gasteiger charge is 2.33. The summed E-state index contributed by atoms with van der Waals surface area (Å²) in [7, 11) is 0. The molecule has 1 heterocycles. The van der Waals surface area contributed by atoms with Crippen molar-refractivity contribution in [3.05, 3.63) is 30.5 Å². The molecule has 1 N–H and O–H groups in total. The number of pyridine rings is 1. The van der Waals surface area contributed by atoms with Crippen LogP contribution in [-0.4, -0.2) is 29.7 Å². The summed E-state index contributed by atoms with van der Waals surface area (Å²) in [6.45, 7) is 8.88. The number of hydrogen-bond acceptors (Lipinski definition) is 4. The Morgan fingerprint density at radius 3 is 2.68 bits per heavy atom. The number of ether oxygens (including phenoxy) is 2. The van der Waals surface area contributed by atoms with Gasteiger partial charge in [0.1, 0.15) is 16.9 Å². The van der Waals surface area contributed by atoms with E-state index in [-0.39, 0.29) is 5.91 Å². The molecule has 5 nitrogen and oxygen atoms in total. The van der Waals surface area contributed by atoms with E-state index in [1.807, 2.05) is 45.0 Å². The van der Waals surface area contributed by atoms with E-state index in [1.165, 1.54) is 0 Å². The van der Waals surface area contributed by atoms with Gasteiger partial charge < -0.3 is 14.8 Å². The molecule has 25 heavy (non-hydrogen) atoms. The van der Waals surface area contributed by atoms with Crippen LogP contribution in [0.2, 0.25) is 0 Å². The van der Waals surface area contributed by atoms with E-state index < -0.39 is 5.60 Å². The Bertz CT molecular complexity index is 717. The molecule has 136 valence electrons. The number of carbonyl (C=O) groups is 1. The maximum Gasteiger partial charge on any atom is 0.256 e. The molecule has 1 unspecified atom stereocenters. The van der Waals surface area contributed by atoms with Crippen LogP contribution in [0.25, 0.3) is 10.9 Å². The van der Waals surface area contributed by atoms with Gasteiger partial charge >= 0.3 is 0 Å². The van der Waals surface area contributed by atoms with Gasteiger partial charge in [0.05, 0.1) is 12.3 Å². The molecule has 0 aliphatic carbocycles. The van der Waals surface area contributed by atoms with Gasteiger partial charge in [0.15, 0.2) is 0 Å². The molecule has 1 aromatic carbocycles. The van der Waals surface area contributed by atoms with Crippen LogP contribution in [0.4, 0.5) is 5.69 Å². The first-order valence-corrected chi connectivity index (χ1v) is 9.01. The van der Waals surface area contributed by atoms with Crippen LogP contribution in [0.3, 0.4) is 0 Å². The van der Waals surface area contributed by atoms with Crippen molar-refractivity contribution >= 4 is 22.5 Å². The number of carbonyl (C=O) groups excluding carboxylic acids is 1. The van der Waals surface area contributed by atoms with Gasteiger partial charge in [-0.2, -0.15) is 0 Å². The molecule has 1 atom stereocenters. The van der Waals surface area contributed by atoms with E-state index in [0.29, 0.717) is 19.6 Å². The zero-order valence-corrected chi connectivity index (χ0v) is 15.6. The summed E-state index contributed by atoms with van der Waals surface area (Å²) >= 11 is 0. The van der Waals surface area contributed by atoms with Gasteiger partial charge in [0.25, 0.3) is 5.91 Å². The summed E-state index contributed by atoms with van der Waals surface area (Å²) in [5, 5.41) is 3.89. The van der Waals surface area contributed by atoms with Crippen LogP contribution < -0.4 is 10.1 Å². The molecule has 0 aliphatic rings. The van der Waals surface area contributed by atoms with E-state index in [0.717, 1.165) is 35.2 Å². The molecule has 2 rings (SSSR count). The molecule has 5 heteroatoms. The fourth-order valence-electron chi connectivity index (χ4n) is 2.87. The molecule has 2 aromatic rings. The molecule has 0 saturated carbocycles. The average molecular weight is 344 g/mol. The zero-order chi connectivity index (χ0) is 18.3. The molecule has 0 radical (unpaired) electrons. The van der Waals surface area contributed by atoms with Gasteiger partial charge in [-0.25, -0.2) is 0 Å². The topological polar surface area (TPSA) is 60.5 Å². The van der Waals surface area contributed by atoms with E-state index in [2.05, 4.69) is 17.2 Å². The molecule has 0 aliphatic heterocycles. The third kappa shape index (κ3) is 4.48. The highest BCUT2D eigenvalue weighted by Crippen LogP contribution is 2.31. The molecular formula is C20H28N2O3. The predicted octanol–water partition coefficient (Wildman–Crippen LogP) is 4.56. The van der Waals surface area contributed by atoms with Gasteiger partial charge in [-0.1, -0.05) is 19.8 Å². The quantitative estimate of drug-likeness (QED) is 0.724. The molecule has 1 aromatic heterocycles. The number of unbranched alkanes of at least 4 members (excludes halogenated alkanes) is 1. The van der Waals surface area contributed by atoms with Crippen LogP contribution in [0, 0.1) is 0 Å². The van der Waals surface area contributed by atoms with E-state index in [9.17, 15) is 4.79 Å². The molecular weight excluding hydrogens is 316 g/mol. The van der Waals surface area contributed by atoms with Gasteiger partial charge in [-0.3, -0.25) is 9.78 Å².